The van der Waals surface area contributed by atoms with Crippen LogP contribution in [-0.2, 0) is 11.2 Å². The minimum atomic E-state index is -0.242. The van der Waals surface area contributed by atoms with Crippen molar-refractivity contribution in [3.8, 4) is 6.07 Å². The number of hydrogen-bond donors (Lipinski definition) is 1. The van der Waals surface area contributed by atoms with Gasteiger partial charge in [-0.15, -0.1) is 23.1 Å². The number of thioether (sulfide) groups is 1. The molecule has 2 aromatic rings. The molecule has 0 radical (unpaired) electrons. The van der Waals surface area contributed by atoms with E-state index in [0.29, 0.717) is 17.1 Å². The number of hydrogen-bond acceptors (Lipinski definition) is 5. The third kappa shape index (κ3) is 4.55. The molecule has 0 aliphatic carbocycles. The summed E-state index contributed by atoms with van der Waals surface area (Å²) < 4.78 is 13.7. The second kappa shape index (κ2) is 7.92. The lowest BCUT2D eigenvalue weighted by atomic mass is 10.1. The van der Waals surface area contributed by atoms with Crippen LogP contribution in [0.1, 0.15) is 16.1 Å². The number of carbonyl (C=O) groups excluding carboxylic acids is 1. The lowest BCUT2D eigenvalue weighted by molar-refractivity contribution is -0.113. The van der Waals surface area contributed by atoms with Gasteiger partial charge in [-0.3, -0.25) is 4.79 Å². The molecule has 2 rings (SSSR count). The van der Waals surface area contributed by atoms with Gasteiger partial charge >= 0.3 is 0 Å². The fraction of sp³-hybridized carbons (Fsp3) is 0.267. The van der Waals surface area contributed by atoms with E-state index >= 15 is 0 Å². The molecule has 114 valence electrons. The van der Waals surface area contributed by atoms with Crippen LogP contribution in [0.15, 0.2) is 24.3 Å². The van der Waals surface area contributed by atoms with Gasteiger partial charge in [-0.05, 0) is 18.6 Å². The summed E-state index contributed by atoms with van der Waals surface area (Å²) in [5.74, 6) is 0.0674. The Hall–Kier alpha value is -1.91. The first-order valence-electron chi connectivity index (χ1n) is 6.54. The molecule has 0 atom stereocenters. The highest BCUT2D eigenvalue weighted by Crippen LogP contribution is 2.26. The Labute approximate surface area is 136 Å². The molecular formula is C15H14FN3OS2. The zero-order valence-corrected chi connectivity index (χ0v) is 13.6. The first-order valence-corrected chi connectivity index (χ1v) is 8.51. The number of thiazole rings is 1. The highest BCUT2D eigenvalue weighted by atomic mass is 32.2. The number of benzene rings is 1. The maximum atomic E-state index is 13.7. The predicted octanol–water partition coefficient (Wildman–Crippen LogP) is 3.38. The molecule has 1 aromatic carbocycles. The first kappa shape index (κ1) is 16.5. The Morgan fingerprint density at radius 3 is 3.00 bits per heavy atom. The summed E-state index contributed by atoms with van der Waals surface area (Å²) in [6.07, 6.45) is 0.454. The fourth-order valence-electron chi connectivity index (χ4n) is 1.80. The maximum absolute atomic E-state index is 13.7. The topological polar surface area (TPSA) is 65.8 Å². The zero-order valence-electron chi connectivity index (χ0n) is 11.9. The molecule has 0 fully saturated rings. The summed E-state index contributed by atoms with van der Waals surface area (Å²) in [5.41, 5.74) is 1.39. The molecule has 7 heteroatoms. The van der Waals surface area contributed by atoms with Crippen LogP contribution in [0.3, 0.4) is 0 Å². The van der Waals surface area contributed by atoms with Gasteiger partial charge in [0.05, 0.1) is 23.3 Å². The lowest BCUT2D eigenvalue weighted by Gasteiger charge is -2.01. The number of nitriles is 1. The van der Waals surface area contributed by atoms with Crippen LogP contribution >= 0.6 is 23.1 Å². The van der Waals surface area contributed by atoms with E-state index < -0.39 is 0 Å². The van der Waals surface area contributed by atoms with Gasteiger partial charge in [0.2, 0.25) is 5.91 Å². The third-order valence-electron chi connectivity index (χ3n) is 2.85. The molecule has 0 unspecified atom stereocenters. The standard InChI is InChI=1S/C15H14FN3OS2/c1-10-13(8-11-4-2-3-5-12(11)16)22-15(18-10)19-14(20)9-21-7-6-17/h2-5H,7-9H2,1H3,(H,18,19,20). The van der Waals surface area contributed by atoms with Gasteiger partial charge in [0.25, 0.3) is 0 Å². The minimum absolute atomic E-state index is 0.188. The predicted molar refractivity (Wildman–Crippen MR) is 87.6 cm³/mol. The third-order valence-corrected chi connectivity index (χ3v) is 4.72. The molecular weight excluding hydrogens is 321 g/mol. The summed E-state index contributed by atoms with van der Waals surface area (Å²) in [5, 5.41) is 11.6. The number of aryl methyl sites for hydroxylation is 1. The van der Waals surface area contributed by atoms with Crippen molar-refractivity contribution in [1.29, 1.82) is 5.26 Å². The van der Waals surface area contributed by atoms with Gasteiger partial charge in [0.15, 0.2) is 5.13 Å². The number of carbonyl (C=O) groups is 1. The van der Waals surface area contributed by atoms with E-state index in [2.05, 4.69) is 10.3 Å². The SMILES string of the molecule is Cc1nc(NC(=O)CSCC#N)sc1Cc1ccccc1F. The summed E-state index contributed by atoms with van der Waals surface area (Å²) in [7, 11) is 0. The van der Waals surface area contributed by atoms with E-state index in [-0.39, 0.29) is 23.2 Å². The highest BCUT2D eigenvalue weighted by molar-refractivity contribution is 8.00. The van der Waals surface area contributed by atoms with Gasteiger partial charge < -0.3 is 5.32 Å². The average molecular weight is 335 g/mol. The van der Waals surface area contributed by atoms with E-state index in [9.17, 15) is 9.18 Å². The van der Waals surface area contributed by atoms with E-state index in [1.54, 1.807) is 18.2 Å². The van der Waals surface area contributed by atoms with E-state index in [0.717, 1.165) is 10.6 Å². The smallest absolute Gasteiger partial charge is 0.236 e. The van der Waals surface area contributed by atoms with Crippen LogP contribution in [0.25, 0.3) is 0 Å². The lowest BCUT2D eigenvalue weighted by Crippen LogP contribution is -2.14. The van der Waals surface area contributed by atoms with Gasteiger partial charge in [-0.25, -0.2) is 9.37 Å². The van der Waals surface area contributed by atoms with Crippen molar-refractivity contribution in [1.82, 2.24) is 4.98 Å². The van der Waals surface area contributed by atoms with Gasteiger partial charge in [-0.2, -0.15) is 5.26 Å². The molecule has 0 aliphatic rings. The van der Waals surface area contributed by atoms with Crippen molar-refractivity contribution >= 4 is 34.1 Å². The van der Waals surface area contributed by atoms with Crippen molar-refractivity contribution in [2.75, 3.05) is 16.8 Å². The average Bonchev–Trinajstić information content (AvgIpc) is 2.81. The number of nitrogens with one attached hydrogen (secondary N) is 1. The molecule has 22 heavy (non-hydrogen) atoms. The Kier molecular flexibility index (Phi) is 5.92. The zero-order chi connectivity index (χ0) is 15.9. The molecule has 1 heterocycles. The van der Waals surface area contributed by atoms with E-state index in [1.165, 1.54) is 29.2 Å². The quantitative estimate of drug-likeness (QED) is 0.822. The van der Waals surface area contributed by atoms with E-state index in [1.807, 2.05) is 13.0 Å². The molecule has 0 spiro atoms. The summed E-state index contributed by atoms with van der Waals surface area (Å²) in [6, 6.07) is 8.59. The van der Waals surface area contributed by atoms with Crippen LogP contribution in [0.2, 0.25) is 0 Å². The van der Waals surface area contributed by atoms with Gasteiger partial charge in [-0.1, -0.05) is 18.2 Å². The number of halogens is 1. The Morgan fingerprint density at radius 1 is 1.50 bits per heavy atom. The van der Waals surface area contributed by atoms with E-state index in [4.69, 9.17) is 5.26 Å². The number of rotatable bonds is 6. The molecule has 1 aromatic heterocycles. The molecule has 0 aliphatic heterocycles. The second-order valence-electron chi connectivity index (χ2n) is 4.49. The molecule has 1 N–H and O–H groups in total. The van der Waals surface area contributed by atoms with Crippen LogP contribution in [0, 0.1) is 24.1 Å². The second-order valence-corrected chi connectivity index (χ2v) is 6.56. The van der Waals surface area contributed by atoms with Crippen molar-refractivity contribution < 1.29 is 9.18 Å². The summed E-state index contributed by atoms with van der Waals surface area (Å²) >= 11 is 2.60. The van der Waals surface area contributed by atoms with Crippen LogP contribution in [0.5, 0.6) is 0 Å². The molecule has 0 saturated carbocycles. The number of amides is 1. The molecule has 1 amide bonds. The largest absolute Gasteiger partial charge is 0.301 e. The van der Waals surface area contributed by atoms with Gasteiger partial charge in [0.1, 0.15) is 5.82 Å². The number of anilines is 1. The van der Waals surface area contributed by atoms with Crippen molar-refractivity contribution in [3.05, 3.63) is 46.2 Å². The van der Waals surface area contributed by atoms with Crippen LogP contribution in [-0.4, -0.2) is 22.4 Å². The number of aromatic nitrogens is 1. The molecule has 0 bridgehead atoms. The minimum Gasteiger partial charge on any atom is -0.301 e. The highest BCUT2D eigenvalue weighted by Gasteiger charge is 2.12. The Bertz CT molecular complexity index is 709. The monoisotopic (exact) mass is 335 g/mol. The Balaban J connectivity index is 2.01. The maximum Gasteiger partial charge on any atom is 0.236 e. The molecule has 4 nitrogen and oxygen atoms in total. The number of nitrogens with zero attached hydrogens (tertiary/aromatic N) is 2. The van der Waals surface area contributed by atoms with Crippen LogP contribution in [0.4, 0.5) is 9.52 Å². The van der Waals surface area contributed by atoms with Crippen molar-refractivity contribution in [2.24, 2.45) is 0 Å². The van der Waals surface area contributed by atoms with Crippen molar-refractivity contribution in [2.45, 2.75) is 13.3 Å². The fourth-order valence-corrected chi connectivity index (χ4v) is 3.26. The van der Waals surface area contributed by atoms with Crippen LogP contribution < -0.4 is 5.32 Å². The van der Waals surface area contributed by atoms with Gasteiger partial charge in [0, 0.05) is 11.3 Å². The first-order chi connectivity index (χ1) is 10.6. The van der Waals surface area contributed by atoms with Crippen molar-refractivity contribution in [3.63, 3.8) is 0 Å². The molecule has 0 saturated heterocycles. The summed E-state index contributed by atoms with van der Waals surface area (Å²) in [6.45, 7) is 1.84. The Morgan fingerprint density at radius 2 is 2.27 bits per heavy atom. The summed E-state index contributed by atoms with van der Waals surface area (Å²) in [4.78, 5) is 16.9. The normalized spacial score (nSPS) is 10.2.